The van der Waals surface area contributed by atoms with Crippen LogP contribution in [0.3, 0.4) is 0 Å². The van der Waals surface area contributed by atoms with E-state index >= 15 is 0 Å². The highest BCUT2D eigenvalue weighted by molar-refractivity contribution is 9.09. The van der Waals surface area contributed by atoms with Crippen molar-refractivity contribution in [2.75, 3.05) is 6.61 Å². The van der Waals surface area contributed by atoms with Crippen molar-refractivity contribution in [3.8, 4) is 0 Å². The summed E-state index contributed by atoms with van der Waals surface area (Å²) < 4.78 is 11.2. The average Bonchev–Trinajstić information content (AvgIpc) is 2.30. The lowest BCUT2D eigenvalue weighted by atomic mass is 10.2. The molecule has 0 saturated carbocycles. The molecule has 0 spiro atoms. The molecule has 2 rings (SSSR count). The first kappa shape index (κ1) is 11.1. The highest BCUT2D eigenvalue weighted by Crippen LogP contribution is 2.20. The molecule has 0 radical (unpaired) electrons. The Morgan fingerprint density at radius 1 is 1.27 bits per heavy atom. The van der Waals surface area contributed by atoms with E-state index in [1.54, 1.807) is 0 Å². The Morgan fingerprint density at radius 2 is 2.07 bits per heavy atom. The van der Waals surface area contributed by atoms with Crippen LogP contribution in [0.2, 0.25) is 0 Å². The maximum Gasteiger partial charge on any atom is 0.158 e. The summed E-state index contributed by atoms with van der Waals surface area (Å²) in [6.07, 6.45) is 2.07. The van der Waals surface area contributed by atoms with Crippen molar-refractivity contribution in [3.63, 3.8) is 0 Å². The Hall–Kier alpha value is -0.380. The van der Waals surface area contributed by atoms with Crippen molar-refractivity contribution < 1.29 is 9.47 Å². The van der Waals surface area contributed by atoms with E-state index in [0.717, 1.165) is 19.4 Å². The first-order chi connectivity index (χ1) is 7.34. The summed E-state index contributed by atoms with van der Waals surface area (Å²) >= 11 is 3.53. The van der Waals surface area contributed by atoms with Gasteiger partial charge in [-0.1, -0.05) is 46.3 Å². The van der Waals surface area contributed by atoms with Gasteiger partial charge in [-0.2, -0.15) is 0 Å². The highest BCUT2D eigenvalue weighted by atomic mass is 79.9. The molecular formula is C12H15BrO2. The fraction of sp³-hybridized carbons (Fsp3) is 0.500. The van der Waals surface area contributed by atoms with Crippen molar-refractivity contribution in [1.29, 1.82) is 0 Å². The molecule has 2 nitrogen and oxygen atoms in total. The Bertz CT molecular complexity index is 281. The third-order valence-electron chi connectivity index (χ3n) is 2.46. The van der Waals surface area contributed by atoms with Crippen LogP contribution >= 0.6 is 15.9 Å². The van der Waals surface area contributed by atoms with Crippen molar-refractivity contribution in [3.05, 3.63) is 35.9 Å². The van der Waals surface area contributed by atoms with Gasteiger partial charge >= 0.3 is 0 Å². The molecule has 0 aromatic heterocycles. The molecule has 2 unspecified atom stereocenters. The Balaban J connectivity index is 1.74. The smallest absolute Gasteiger partial charge is 0.158 e. The number of hydrogen-bond acceptors (Lipinski definition) is 2. The summed E-state index contributed by atoms with van der Waals surface area (Å²) in [5.74, 6) is 0. The van der Waals surface area contributed by atoms with Gasteiger partial charge < -0.3 is 9.47 Å². The zero-order chi connectivity index (χ0) is 10.5. The predicted molar refractivity (Wildman–Crippen MR) is 62.9 cm³/mol. The third-order valence-corrected chi connectivity index (χ3v) is 3.18. The van der Waals surface area contributed by atoms with Crippen LogP contribution in [0.4, 0.5) is 0 Å². The van der Waals surface area contributed by atoms with Gasteiger partial charge in [0.15, 0.2) is 6.29 Å². The van der Waals surface area contributed by atoms with E-state index < -0.39 is 0 Å². The lowest BCUT2D eigenvalue weighted by Crippen LogP contribution is -2.28. The molecule has 1 aromatic carbocycles. The molecule has 1 aromatic rings. The number of rotatable bonds is 3. The van der Waals surface area contributed by atoms with E-state index in [4.69, 9.17) is 9.47 Å². The van der Waals surface area contributed by atoms with Gasteiger partial charge in [-0.25, -0.2) is 0 Å². The monoisotopic (exact) mass is 270 g/mol. The first-order valence-corrected chi connectivity index (χ1v) is 6.17. The van der Waals surface area contributed by atoms with E-state index in [1.165, 1.54) is 5.56 Å². The fourth-order valence-corrected chi connectivity index (χ4v) is 2.01. The van der Waals surface area contributed by atoms with E-state index in [2.05, 4.69) is 28.1 Å². The molecule has 1 fully saturated rings. The quantitative estimate of drug-likeness (QED) is 0.786. The van der Waals surface area contributed by atoms with Gasteiger partial charge in [-0.15, -0.1) is 0 Å². The van der Waals surface area contributed by atoms with Crippen LogP contribution in [0.1, 0.15) is 18.4 Å². The second kappa shape index (κ2) is 5.64. The van der Waals surface area contributed by atoms with Crippen LogP contribution < -0.4 is 0 Å². The molecule has 3 heteroatoms. The molecule has 1 heterocycles. The number of alkyl halides is 1. The van der Waals surface area contributed by atoms with Crippen LogP contribution in [-0.2, 0) is 16.1 Å². The number of benzene rings is 1. The van der Waals surface area contributed by atoms with E-state index in [9.17, 15) is 0 Å². The van der Waals surface area contributed by atoms with Gasteiger partial charge in [0.05, 0.1) is 13.2 Å². The molecule has 1 saturated heterocycles. The Kier molecular flexibility index (Phi) is 4.18. The number of halogens is 1. The average molecular weight is 271 g/mol. The summed E-state index contributed by atoms with van der Waals surface area (Å²) in [6, 6.07) is 10.2. The van der Waals surface area contributed by atoms with Crippen LogP contribution in [-0.4, -0.2) is 17.7 Å². The molecule has 0 N–H and O–H groups in total. The molecule has 0 bridgehead atoms. The molecule has 0 amide bonds. The van der Waals surface area contributed by atoms with Gasteiger partial charge in [-0.3, -0.25) is 0 Å². The maximum absolute atomic E-state index is 5.67. The first-order valence-electron chi connectivity index (χ1n) is 5.26. The van der Waals surface area contributed by atoms with E-state index in [1.807, 2.05) is 18.2 Å². The summed E-state index contributed by atoms with van der Waals surface area (Å²) in [5, 5.41) is 0. The fourth-order valence-electron chi connectivity index (χ4n) is 1.59. The van der Waals surface area contributed by atoms with Gasteiger partial charge in [0.25, 0.3) is 0 Å². The topological polar surface area (TPSA) is 18.5 Å². The van der Waals surface area contributed by atoms with Crippen LogP contribution in [0, 0.1) is 0 Å². The maximum atomic E-state index is 5.67. The Labute approximate surface area is 98.7 Å². The van der Waals surface area contributed by atoms with Gasteiger partial charge in [-0.05, 0) is 18.4 Å². The standard InChI is InChI=1S/C12H15BrO2/c13-11-6-7-12(15-9-11)14-8-10-4-2-1-3-5-10/h1-5,11-12H,6-9H2. The van der Waals surface area contributed by atoms with Crippen molar-refractivity contribution >= 4 is 15.9 Å². The second-order valence-corrected chi connectivity index (χ2v) is 5.03. The minimum atomic E-state index is -0.0287. The molecule has 1 aliphatic rings. The van der Waals surface area contributed by atoms with E-state index in [0.29, 0.717) is 11.4 Å². The number of hydrogen-bond donors (Lipinski definition) is 0. The molecule has 0 aliphatic carbocycles. The zero-order valence-corrected chi connectivity index (χ0v) is 10.2. The summed E-state index contributed by atoms with van der Waals surface area (Å²) in [7, 11) is 0. The lowest BCUT2D eigenvalue weighted by Gasteiger charge is -2.25. The summed E-state index contributed by atoms with van der Waals surface area (Å²) in [5.41, 5.74) is 1.20. The predicted octanol–water partition coefficient (Wildman–Crippen LogP) is 3.10. The van der Waals surface area contributed by atoms with Crippen LogP contribution in [0.15, 0.2) is 30.3 Å². The molecule has 15 heavy (non-hydrogen) atoms. The van der Waals surface area contributed by atoms with Crippen molar-refractivity contribution in [2.45, 2.75) is 30.6 Å². The van der Waals surface area contributed by atoms with E-state index in [-0.39, 0.29) is 6.29 Å². The second-order valence-electron chi connectivity index (χ2n) is 3.73. The minimum Gasteiger partial charge on any atom is -0.351 e. The highest BCUT2D eigenvalue weighted by Gasteiger charge is 2.19. The van der Waals surface area contributed by atoms with Crippen LogP contribution in [0.5, 0.6) is 0 Å². The molecule has 2 atom stereocenters. The lowest BCUT2D eigenvalue weighted by molar-refractivity contribution is -0.166. The molecule has 1 aliphatic heterocycles. The number of ether oxygens (including phenoxy) is 2. The molecular weight excluding hydrogens is 256 g/mol. The summed E-state index contributed by atoms with van der Waals surface area (Å²) in [6.45, 7) is 1.39. The largest absolute Gasteiger partial charge is 0.351 e. The van der Waals surface area contributed by atoms with Crippen molar-refractivity contribution in [1.82, 2.24) is 0 Å². The van der Waals surface area contributed by atoms with Crippen molar-refractivity contribution in [2.24, 2.45) is 0 Å². The van der Waals surface area contributed by atoms with Gasteiger partial charge in [0, 0.05) is 4.83 Å². The third kappa shape index (κ3) is 3.59. The Morgan fingerprint density at radius 3 is 2.73 bits per heavy atom. The molecule has 82 valence electrons. The zero-order valence-electron chi connectivity index (χ0n) is 8.56. The minimum absolute atomic E-state index is 0.0287. The normalized spacial score (nSPS) is 26.5. The van der Waals surface area contributed by atoms with Gasteiger partial charge in [0.1, 0.15) is 0 Å². The summed E-state index contributed by atoms with van der Waals surface area (Å²) in [4.78, 5) is 0.495. The van der Waals surface area contributed by atoms with Crippen LogP contribution in [0.25, 0.3) is 0 Å². The van der Waals surface area contributed by atoms with Gasteiger partial charge in [0.2, 0.25) is 0 Å². The SMILES string of the molecule is BrC1CCC(OCc2ccccc2)OC1.